The maximum absolute atomic E-state index is 14.0. The molecule has 0 amide bonds. The molecule has 3 saturated carbocycles. The quantitative estimate of drug-likeness (QED) is 0.488. The van der Waals surface area contributed by atoms with Gasteiger partial charge in [-0.3, -0.25) is 9.59 Å². The molecule has 170 valence electrons. The molecule has 2 unspecified atom stereocenters. The van der Waals surface area contributed by atoms with Gasteiger partial charge >= 0.3 is 18.1 Å². The lowest BCUT2D eigenvalue weighted by molar-refractivity contribution is -0.173. The Morgan fingerprint density at radius 1 is 1.13 bits per heavy atom. The van der Waals surface area contributed by atoms with Crippen LogP contribution in [-0.2, 0) is 23.8 Å². The van der Waals surface area contributed by atoms with Gasteiger partial charge in [0.1, 0.15) is 17.8 Å². The lowest BCUT2D eigenvalue weighted by Gasteiger charge is -2.36. The summed E-state index contributed by atoms with van der Waals surface area (Å²) in [4.78, 5) is 36.0. The molecule has 3 fully saturated rings. The van der Waals surface area contributed by atoms with Crippen LogP contribution in [0.25, 0.3) is 0 Å². The van der Waals surface area contributed by atoms with Crippen LogP contribution in [0.3, 0.4) is 0 Å². The average Bonchev–Trinajstić information content (AvgIpc) is 3.27. The Hall–Kier alpha value is -1.90. The molecule has 0 saturated heterocycles. The van der Waals surface area contributed by atoms with Crippen molar-refractivity contribution >= 4 is 18.1 Å². The van der Waals surface area contributed by atoms with E-state index in [9.17, 15) is 23.9 Å². The van der Waals surface area contributed by atoms with Crippen molar-refractivity contribution in [2.75, 3.05) is 0 Å². The van der Waals surface area contributed by atoms with E-state index in [-0.39, 0.29) is 18.4 Å². The number of hydrogen-bond acceptors (Lipinski definition) is 7. The fraction of sp³-hybridized carbons (Fsp3) is 0.857. The number of nitrogens with two attached hydrogens (primary N) is 1. The SMILES string of the molecule is CC(OC(=O)O[C@@H]1C[C@H](C)CC[C@H]1C(C)C)OC(=O)[C@H]1C2C[C@H](F)[C@@](N)(C(=O)O)[C@@H]21. The minimum Gasteiger partial charge on any atom is -0.480 e. The number of ether oxygens (including phenoxy) is 3. The lowest BCUT2D eigenvalue weighted by Crippen LogP contribution is -2.56. The monoisotopic (exact) mass is 429 g/mol. The van der Waals surface area contributed by atoms with Gasteiger partial charge in [0.05, 0.1) is 5.92 Å². The number of halogens is 1. The predicted octanol–water partition coefficient (Wildman–Crippen LogP) is 2.88. The summed E-state index contributed by atoms with van der Waals surface area (Å²) in [6, 6.07) is 0. The van der Waals surface area contributed by atoms with Crippen LogP contribution in [-0.4, -0.2) is 47.3 Å². The van der Waals surface area contributed by atoms with Crippen LogP contribution in [0.2, 0.25) is 0 Å². The second kappa shape index (κ2) is 8.32. The molecule has 9 atom stereocenters. The van der Waals surface area contributed by atoms with Crippen molar-refractivity contribution in [3.05, 3.63) is 0 Å². The Balaban J connectivity index is 1.50. The number of alkyl halides is 1. The van der Waals surface area contributed by atoms with Gasteiger partial charge in [0.15, 0.2) is 0 Å². The van der Waals surface area contributed by atoms with E-state index < -0.39 is 53.8 Å². The van der Waals surface area contributed by atoms with E-state index >= 15 is 0 Å². The molecule has 9 heteroatoms. The molecular formula is C21H32FNO7. The number of hydrogen-bond donors (Lipinski definition) is 2. The van der Waals surface area contributed by atoms with Gasteiger partial charge in [-0.05, 0) is 42.9 Å². The smallest absolute Gasteiger partial charge is 0.480 e. The fourth-order valence-corrected chi connectivity index (χ4v) is 5.36. The number of carbonyl (C=O) groups excluding carboxylic acids is 2. The van der Waals surface area contributed by atoms with Gasteiger partial charge in [0.2, 0.25) is 6.29 Å². The summed E-state index contributed by atoms with van der Waals surface area (Å²) in [5, 5.41) is 9.27. The molecule has 3 aliphatic rings. The third-order valence-electron chi connectivity index (χ3n) is 7.11. The number of carbonyl (C=O) groups is 3. The van der Waals surface area contributed by atoms with Gasteiger partial charge in [0.25, 0.3) is 0 Å². The van der Waals surface area contributed by atoms with E-state index in [0.717, 1.165) is 19.3 Å². The standard InChI is InChI=1S/C21H32FNO7/c1-9(2)12-6-5-10(3)7-14(12)30-20(27)29-11(4)28-18(24)16-13-8-15(22)21(23,17(13)16)19(25)26/h9-17H,5-8,23H2,1-4H3,(H,25,26)/t10-,11?,12+,13?,14-,15+,16+,17+,21+/m1/s1. The molecule has 0 radical (unpaired) electrons. The topological polar surface area (TPSA) is 125 Å². The van der Waals surface area contributed by atoms with Crippen molar-refractivity contribution in [2.45, 2.75) is 77.5 Å². The van der Waals surface area contributed by atoms with E-state index in [1.165, 1.54) is 6.92 Å². The number of carboxylic acids is 1. The minimum absolute atomic E-state index is 0.0963. The van der Waals surface area contributed by atoms with Gasteiger partial charge < -0.3 is 25.1 Å². The summed E-state index contributed by atoms with van der Waals surface area (Å²) < 4.78 is 29.7. The molecule has 0 heterocycles. The number of rotatable bonds is 6. The lowest BCUT2D eigenvalue weighted by atomic mass is 9.75. The fourth-order valence-electron chi connectivity index (χ4n) is 5.36. The van der Waals surface area contributed by atoms with Gasteiger partial charge in [-0.25, -0.2) is 9.18 Å². The molecule has 3 rings (SSSR count). The zero-order valence-electron chi connectivity index (χ0n) is 17.9. The zero-order valence-corrected chi connectivity index (χ0v) is 17.9. The van der Waals surface area contributed by atoms with Gasteiger partial charge in [-0.15, -0.1) is 0 Å². The Morgan fingerprint density at radius 2 is 1.80 bits per heavy atom. The zero-order chi connectivity index (χ0) is 22.4. The van der Waals surface area contributed by atoms with Crippen LogP contribution in [0, 0.1) is 35.5 Å². The molecule has 0 aromatic carbocycles. The first-order valence-electron chi connectivity index (χ1n) is 10.7. The Labute approximate surface area is 175 Å². The maximum Gasteiger partial charge on any atom is 0.511 e. The first-order chi connectivity index (χ1) is 14.0. The van der Waals surface area contributed by atoms with Crippen LogP contribution >= 0.6 is 0 Å². The molecule has 0 aromatic rings. The van der Waals surface area contributed by atoms with Crippen molar-refractivity contribution in [2.24, 2.45) is 41.2 Å². The van der Waals surface area contributed by atoms with E-state index in [2.05, 4.69) is 20.8 Å². The summed E-state index contributed by atoms with van der Waals surface area (Å²) in [6.07, 6.45) is -1.33. The van der Waals surface area contributed by atoms with E-state index in [0.29, 0.717) is 11.8 Å². The molecular weight excluding hydrogens is 397 g/mol. The van der Waals surface area contributed by atoms with Crippen molar-refractivity contribution in [1.82, 2.24) is 0 Å². The summed E-state index contributed by atoms with van der Waals surface area (Å²) >= 11 is 0. The van der Waals surface area contributed by atoms with Crippen molar-refractivity contribution in [3.63, 3.8) is 0 Å². The third-order valence-corrected chi connectivity index (χ3v) is 7.11. The van der Waals surface area contributed by atoms with Crippen LogP contribution < -0.4 is 5.73 Å². The highest BCUT2D eigenvalue weighted by atomic mass is 19.1. The minimum atomic E-state index is -2.08. The third kappa shape index (κ3) is 4.13. The van der Waals surface area contributed by atoms with Crippen LogP contribution in [0.5, 0.6) is 0 Å². The first kappa shape index (κ1) is 22.8. The number of aliphatic carboxylic acids is 1. The number of esters is 1. The Bertz CT molecular complexity index is 701. The molecule has 8 nitrogen and oxygen atoms in total. The maximum atomic E-state index is 14.0. The van der Waals surface area contributed by atoms with E-state index in [1.54, 1.807) is 0 Å². The van der Waals surface area contributed by atoms with Gasteiger partial charge in [-0.2, -0.15) is 0 Å². The summed E-state index contributed by atoms with van der Waals surface area (Å²) in [7, 11) is 0. The Kier molecular flexibility index (Phi) is 6.32. The normalized spacial score (nSPS) is 41.0. The van der Waals surface area contributed by atoms with Crippen LogP contribution in [0.4, 0.5) is 9.18 Å². The highest BCUT2D eigenvalue weighted by Gasteiger charge is 2.75. The Morgan fingerprint density at radius 3 is 2.40 bits per heavy atom. The second-order valence-corrected chi connectivity index (χ2v) is 9.51. The highest BCUT2D eigenvalue weighted by Crippen LogP contribution is 2.62. The summed E-state index contributed by atoms with van der Waals surface area (Å²) in [5.74, 6) is -3.22. The van der Waals surface area contributed by atoms with Crippen molar-refractivity contribution in [3.8, 4) is 0 Å². The average molecular weight is 429 g/mol. The van der Waals surface area contributed by atoms with E-state index in [4.69, 9.17) is 19.9 Å². The molecule has 3 N–H and O–H groups in total. The molecule has 3 aliphatic carbocycles. The summed E-state index contributed by atoms with van der Waals surface area (Å²) in [5.41, 5.74) is 3.65. The van der Waals surface area contributed by atoms with Crippen LogP contribution in [0.15, 0.2) is 0 Å². The molecule has 0 aromatic heterocycles. The van der Waals surface area contributed by atoms with Gasteiger partial charge in [-0.1, -0.05) is 27.2 Å². The second-order valence-electron chi connectivity index (χ2n) is 9.51. The van der Waals surface area contributed by atoms with Gasteiger partial charge in [0, 0.05) is 12.8 Å². The van der Waals surface area contributed by atoms with Crippen molar-refractivity contribution < 1.29 is 38.1 Å². The highest BCUT2D eigenvalue weighted by molar-refractivity contribution is 5.86. The predicted molar refractivity (Wildman–Crippen MR) is 103 cm³/mol. The molecule has 30 heavy (non-hydrogen) atoms. The van der Waals surface area contributed by atoms with Crippen molar-refractivity contribution in [1.29, 1.82) is 0 Å². The van der Waals surface area contributed by atoms with Crippen LogP contribution in [0.1, 0.15) is 53.4 Å². The molecule has 0 spiro atoms. The molecule has 0 aliphatic heterocycles. The summed E-state index contributed by atoms with van der Waals surface area (Å²) in [6.45, 7) is 7.68. The number of carboxylic acid groups (broad SMARTS) is 1. The largest absolute Gasteiger partial charge is 0.511 e. The molecule has 0 bridgehead atoms. The first-order valence-corrected chi connectivity index (χ1v) is 10.7. The van der Waals surface area contributed by atoms with E-state index in [1.807, 2.05) is 0 Å². The number of fused-ring (bicyclic) bond motifs is 1.